The molecule has 106 valence electrons. The van der Waals surface area contributed by atoms with E-state index in [1.165, 1.54) is 0 Å². The molecule has 19 heavy (non-hydrogen) atoms. The number of rotatable bonds is 5. The highest BCUT2D eigenvalue weighted by Crippen LogP contribution is 2.14. The van der Waals surface area contributed by atoms with Gasteiger partial charge in [0.1, 0.15) is 0 Å². The van der Waals surface area contributed by atoms with Crippen molar-refractivity contribution in [3.63, 3.8) is 0 Å². The molecular weight excluding hydrogens is 246 g/mol. The van der Waals surface area contributed by atoms with E-state index < -0.39 is 0 Å². The molecule has 1 aliphatic rings. The summed E-state index contributed by atoms with van der Waals surface area (Å²) in [7, 11) is 3.79. The maximum absolute atomic E-state index is 5.34. The van der Waals surface area contributed by atoms with E-state index in [0.717, 1.165) is 19.6 Å². The molecule has 1 saturated heterocycles. The molecule has 1 aromatic rings. The predicted molar refractivity (Wildman–Crippen MR) is 74.3 cm³/mol. The van der Waals surface area contributed by atoms with Crippen molar-refractivity contribution in [1.82, 2.24) is 20.0 Å². The zero-order valence-electron chi connectivity index (χ0n) is 11.7. The summed E-state index contributed by atoms with van der Waals surface area (Å²) >= 11 is 0. The quantitative estimate of drug-likeness (QED) is 0.723. The molecule has 1 fully saturated rings. The third-order valence-electron chi connectivity index (χ3n) is 2.58. The number of aromatic nitrogens is 3. The Balaban J connectivity index is 2.21. The molecule has 2 heterocycles. The predicted octanol–water partition coefficient (Wildman–Crippen LogP) is 0.0285. The van der Waals surface area contributed by atoms with Crippen LogP contribution in [-0.2, 0) is 4.74 Å². The molecule has 0 unspecified atom stereocenters. The van der Waals surface area contributed by atoms with Gasteiger partial charge in [0.2, 0.25) is 17.8 Å². The monoisotopic (exact) mass is 267 g/mol. The second-order valence-corrected chi connectivity index (χ2v) is 4.42. The minimum absolute atomic E-state index is 0.539. The lowest BCUT2D eigenvalue weighted by Crippen LogP contribution is -2.37. The van der Waals surface area contributed by atoms with Crippen LogP contribution in [0.15, 0.2) is 0 Å². The molecule has 8 nitrogen and oxygen atoms in total. The SMILES string of the molecule is CCNc1nc(NN(C)C)nc(N2CCOCC2)n1. The zero-order valence-corrected chi connectivity index (χ0v) is 11.7. The normalized spacial score (nSPS) is 15.7. The minimum atomic E-state index is 0.539. The van der Waals surface area contributed by atoms with Gasteiger partial charge < -0.3 is 15.0 Å². The molecule has 1 aliphatic heterocycles. The standard InChI is InChI=1S/C11H21N7O/c1-4-12-9-13-10(16-17(2)3)15-11(14-9)18-5-7-19-8-6-18/h4-8H2,1-3H3,(H2,12,13,14,15,16). The number of hydrazine groups is 1. The summed E-state index contributed by atoms with van der Waals surface area (Å²) in [4.78, 5) is 15.3. The summed E-state index contributed by atoms with van der Waals surface area (Å²) in [6, 6.07) is 0. The van der Waals surface area contributed by atoms with Gasteiger partial charge in [0, 0.05) is 33.7 Å². The first-order valence-electron chi connectivity index (χ1n) is 6.45. The summed E-state index contributed by atoms with van der Waals surface area (Å²) in [5, 5.41) is 4.92. The van der Waals surface area contributed by atoms with Crippen LogP contribution in [0, 0.1) is 0 Å². The fourth-order valence-corrected chi connectivity index (χ4v) is 1.76. The van der Waals surface area contributed by atoms with E-state index in [1.807, 2.05) is 21.0 Å². The summed E-state index contributed by atoms with van der Waals surface area (Å²) in [5.74, 6) is 1.80. The largest absolute Gasteiger partial charge is 0.378 e. The molecular formula is C11H21N7O. The van der Waals surface area contributed by atoms with Crippen molar-refractivity contribution >= 4 is 17.8 Å². The molecule has 1 aromatic heterocycles. The van der Waals surface area contributed by atoms with Crippen molar-refractivity contribution in [3.8, 4) is 0 Å². The molecule has 2 N–H and O–H groups in total. The van der Waals surface area contributed by atoms with Crippen LogP contribution in [0.1, 0.15) is 6.92 Å². The van der Waals surface area contributed by atoms with Crippen molar-refractivity contribution in [1.29, 1.82) is 0 Å². The third-order valence-corrected chi connectivity index (χ3v) is 2.58. The van der Waals surface area contributed by atoms with Gasteiger partial charge in [-0.3, -0.25) is 5.43 Å². The minimum Gasteiger partial charge on any atom is -0.378 e. The van der Waals surface area contributed by atoms with E-state index in [4.69, 9.17) is 4.74 Å². The Morgan fingerprint density at radius 1 is 1.16 bits per heavy atom. The van der Waals surface area contributed by atoms with Gasteiger partial charge >= 0.3 is 0 Å². The van der Waals surface area contributed by atoms with Crippen molar-refractivity contribution in [2.24, 2.45) is 0 Å². The highest BCUT2D eigenvalue weighted by Gasteiger charge is 2.16. The molecule has 0 aliphatic carbocycles. The topological polar surface area (TPSA) is 78.4 Å². The van der Waals surface area contributed by atoms with E-state index in [-0.39, 0.29) is 0 Å². The number of morpholine rings is 1. The first-order valence-corrected chi connectivity index (χ1v) is 6.45. The second kappa shape index (κ2) is 6.48. The maximum Gasteiger partial charge on any atom is 0.244 e. The van der Waals surface area contributed by atoms with E-state index >= 15 is 0 Å². The average molecular weight is 267 g/mol. The van der Waals surface area contributed by atoms with Crippen LogP contribution in [0.4, 0.5) is 17.8 Å². The Kier molecular flexibility index (Phi) is 4.69. The van der Waals surface area contributed by atoms with Crippen LogP contribution >= 0.6 is 0 Å². The third kappa shape index (κ3) is 3.90. The van der Waals surface area contributed by atoms with Gasteiger partial charge in [0.15, 0.2) is 0 Å². The Hall–Kier alpha value is -1.67. The lowest BCUT2D eigenvalue weighted by molar-refractivity contribution is 0.122. The molecule has 0 amide bonds. The highest BCUT2D eigenvalue weighted by molar-refractivity contribution is 5.43. The van der Waals surface area contributed by atoms with E-state index in [9.17, 15) is 0 Å². The molecule has 0 aromatic carbocycles. The lowest BCUT2D eigenvalue weighted by Gasteiger charge is -2.27. The average Bonchev–Trinajstić information content (AvgIpc) is 2.39. The van der Waals surface area contributed by atoms with Crippen molar-refractivity contribution in [2.45, 2.75) is 6.92 Å². The van der Waals surface area contributed by atoms with Gasteiger partial charge in [-0.1, -0.05) is 0 Å². The lowest BCUT2D eigenvalue weighted by atomic mass is 10.4. The van der Waals surface area contributed by atoms with E-state index in [2.05, 4.69) is 30.6 Å². The van der Waals surface area contributed by atoms with Gasteiger partial charge in [0.25, 0.3) is 0 Å². The second-order valence-electron chi connectivity index (χ2n) is 4.42. The number of hydrogen-bond acceptors (Lipinski definition) is 8. The molecule has 0 bridgehead atoms. The zero-order chi connectivity index (χ0) is 13.7. The van der Waals surface area contributed by atoms with Gasteiger partial charge in [-0.2, -0.15) is 15.0 Å². The van der Waals surface area contributed by atoms with Crippen molar-refractivity contribution in [3.05, 3.63) is 0 Å². The van der Waals surface area contributed by atoms with Gasteiger partial charge in [-0.05, 0) is 6.92 Å². The fourth-order valence-electron chi connectivity index (χ4n) is 1.76. The number of anilines is 3. The van der Waals surface area contributed by atoms with E-state index in [0.29, 0.717) is 31.1 Å². The van der Waals surface area contributed by atoms with Crippen LogP contribution in [0.25, 0.3) is 0 Å². The summed E-state index contributed by atoms with van der Waals surface area (Å²) in [5.41, 5.74) is 3.06. The van der Waals surface area contributed by atoms with Crippen molar-refractivity contribution in [2.75, 3.05) is 62.6 Å². The van der Waals surface area contributed by atoms with Gasteiger partial charge in [-0.15, -0.1) is 0 Å². The van der Waals surface area contributed by atoms with Crippen LogP contribution < -0.4 is 15.6 Å². The van der Waals surface area contributed by atoms with Crippen LogP contribution in [-0.4, -0.2) is 66.9 Å². The summed E-state index contributed by atoms with van der Waals surface area (Å²) < 4.78 is 5.34. The smallest absolute Gasteiger partial charge is 0.244 e. The number of ether oxygens (including phenoxy) is 1. The Bertz CT molecular complexity index is 406. The Labute approximate surface area is 113 Å². The van der Waals surface area contributed by atoms with Crippen LogP contribution in [0.2, 0.25) is 0 Å². The molecule has 2 rings (SSSR count). The summed E-state index contributed by atoms with van der Waals surface area (Å²) in [6.07, 6.45) is 0. The molecule has 0 saturated carbocycles. The number of hydrogen-bond donors (Lipinski definition) is 2. The molecule has 0 radical (unpaired) electrons. The summed E-state index contributed by atoms with van der Waals surface area (Å²) in [6.45, 7) is 5.80. The molecule has 8 heteroatoms. The maximum atomic E-state index is 5.34. The Morgan fingerprint density at radius 3 is 2.47 bits per heavy atom. The van der Waals surface area contributed by atoms with Gasteiger partial charge in [-0.25, -0.2) is 5.01 Å². The highest BCUT2D eigenvalue weighted by atomic mass is 16.5. The fraction of sp³-hybridized carbons (Fsp3) is 0.727. The van der Waals surface area contributed by atoms with Crippen molar-refractivity contribution < 1.29 is 4.74 Å². The van der Waals surface area contributed by atoms with Crippen LogP contribution in [0.3, 0.4) is 0 Å². The number of nitrogens with zero attached hydrogens (tertiary/aromatic N) is 5. The van der Waals surface area contributed by atoms with E-state index in [1.54, 1.807) is 5.01 Å². The van der Waals surface area contributed by atoms with Gasteiger partial charge in [0.05, 0.1) is 13.2 Å². The number of nitrogens with one attached hydrogen (secondary N) is 2. The Morgan fingerprint density at radius 2 is 1.84 bits per heavy atom. The first-order chi connectivity index (χ1) is 9.19. The van der Waals surface area contributed by atoms with Crippen LogP contribution in [0.5, 0.6) is 0 Å². The molecule has 0 atom stereocenters. The molecule has 0 spiro atoms. The first kappa shape index (κ1) is 13.8.